The molecule has 1 N–H and O–H groups in total. The van der Waals surface area contributed by atoms with Crippen molar-refractivity contribution in [3.63, 3.8) is 0 Å². The number of aliphatic imine (C=N–C) groups is 1. The Balaban J connectivity index is 2.70. The van der Waals surface area contributed by atoms with Crippen LogP contribution in [-0.2, 0) is 4.79 Å². The highest BCUT2D eigenvalue weighted by Gasteiger charge is 2.26. The standard InChI is InChI=1S/C23H33NO2/c1-17(12-13-21-19(3)11-8-15-23(21,5)6)9-7-10-18(2)14-16-24-20(4)22(25)26/h7,9-10,12-14,16,20H,8,11,15H2,1-6H3,(H,25,26)/b10-7+,13-12+,17-9+,18-14+,24-16-/t20-/m0/s1. The van der Waals surface area contributed by atoms with Crippen LogP contribution in [0.1, 0.15) is 60.8 Å². The first-order chi connectivity index (χ1) is 12.1. The summed E-state index contributed by atoms with van der Waals surface area (Å²) in [6.07, 6.45) is 17.6. The minimum atomic E-state index is -0.917. The van der Waals surface area contributed by atoms with Gasteiger partial charge in [-0.25, -0.2) is 4.79 Å². The Kier molecular flexibility index (Phi) is 8.50. The molecule has 3 nitrogen and oxygen atoms in total. The Morgan fingerprint density at radius 1 is 1.19 bits per heavy atom. The molecule has 0 radical (unpaired) electrons. The molecule has 1 aliphatic carbocycles. The SMILES string of the molecule is CC1=C(/C=C/C(C)=C/C=C/C(C)=C/C=N\[C@@H](C)C(=O)O)C(C)(C)CCC1. The van der Waals surface area contributed by atoms with Gasteiger partial charge in [0.15, 0.2) is 0 Å². The summed E-state index contributed by atoms with van der Waals surface area (Å²) in [6.45, 7) is 12.5. The molecule has 3 heteroatoms. The van der Waals surface area contributed by atoms with Crippen LogP contribution in [0.15, 0.2) is 63.7 Å². The lowest BCUT2D eigenvalue weighted by atomic mass is 9.72. The zero-order valence-corrected chi connectivity index (χ0v) is 17.0. The summed E-state index contributed by atoms with van der Waals surface area (Å²) < 4.78 is 0. The Morgan fingerprint density at radius 2 is 1.85 bits per heavy atom. The van der Waals surface area contributed by atoms with Crippen LogP contribution in [0.25, 0.3) is 0 Å². The fourth-order valence-corrected chi connectivity index (χ4v) is 3.04. The van der Waals surface area contributed by atoms with Gasteiger partial charge in [-0.05, 0) is 69.6 Å². The number of carbonyl (C=O) groups is 1. The third-order valence-corrected chi connectivity index (χ3v) is 4.78. The fraction of sp³-hybridized carbons (Fsp3) is 0.478. The minimum Gasteiger partial charge on any atom is -0.480 e. The first-order valence-electron chi connectivity index (χ1n) is 9.29. The Hall–Kier alpha value is -2.16. The molecule has 1 atom stereocenters. The molecule has 26 heavy (non-hydrogen) atoms. The first-order valence-corrected chi connectivity index (χ1v) is 9.29. The van der Waals surface area contributed by atoms with Gasteiger partial charge in [0.25, 0.3) is 0 Å². The number of aliphatic carboxylic acids is 1. The summed E-state index contributed by atoms with van der Waals surface area (Å²) in [4.78, 5) is 14.6. The maximum atomic E-state index is 10.7. The molecule has 0 fully saturated rings. The van der Waals surface area contributed by atoms with Crippen LogP contribution >= 0.6 is 0 Å². The maximum absolute atomic E-state index is 10.7. The van der Waals surface area contributed by atoms with Crippen molar-refractivity contribution >= 4 is 12.2 Å². The molecule has 0 heterocycles. The van der Waals surface area contributed by atoms with Crippen molar-refractivity contribution in [2.24, 2.45) is 10.4 Å². The van der Waals surface area contributed by atoms with Gasteiger partial charge >= 0.3 is 5.97 Å². The van der Waals surface area contributed by atoms with E-state index in [-0.39, 0.29) is 5.41 Å². The Bertz CT molecular complexity index is 685. The number of nitrogens with zero attached hydrogens (tertiary/aromatic N) is 1. The summed E-state index contributed by atoms with van der Waals surface area (Å²) in [5.74, 6) is -0.917. The van der Waals surface area contributed by atoms with Gasteiger partial charge in [0.2, 0.25) is 0 Å². The molecule has 1 rings (SSSR count). The summed E-state index contributed by atoms with van der Waals surface area (Å²) in [5.41, 5.74) is 5.46. The van der Waals surface area contributed by atoms with E-state index in [0.717, 1.165) is 5.57 Å². The Morgan fingerprint density at radius 3 is 2.46 bits per heavy atom. The lowest BCUT2D eigenvalue weighted by Gasteiger charge is -2.32. The van der Waals surface area contributed by atoms with Crippen LogP contribution in [0.4, 0.5) is 0 Å². The van der Waals surface area contributed by atoms with Crippen molar-refractivity contribution in [2.45, 2.75) is 66.8 Å². The van der Waals surface area contributed by atoms with Crippen LogP contribution in [0, 0.1) is 5.41 Å². The van der Waals surface area contributed by atoms with Gasteiger partial charge in [0.05, 0.1) is 0 Å². The summed E-state index contributed by atoms with van der Waals surface area (Å²) in [5, 5.41) is 8.78. The fourth-order valence-electron chi connectivity index (χ4n) is 3.04. The van der Waals surface area contributed by atoms with E-state index < -0.39 is 12.0 Å². The van der Waals surface area contributed by atoms with E-state index in [1.54, 1.807) is 13.1 Å². The predicted molar refractivity (Wildman–Crippen MR) is 112 cm³/mol. The number of hydrogen-bond acceptors (Lipinski definition) is 2. The molecule has 0 spiro atoms. The summed E-state index contributed by atoms with van der Waals surface area (Å²) in [6, 6.07) is -0.711. The van der Waals surface area contributed by atoms with Gasteiger partial charge in [0.1, 0.15) is 6.04 Å². The van der Waals surface area contributed by atoms with Crippen molar-refractivity contribution in [3.05, 3.63) is 58.7 Å². The normalized spacial score (nSPS) is 20.5. The molecule has 142 valence electrons. The molecule has 0 amide bonds. The van der Waals surface area contributed by atoms with Crippen LogP contribution in [-0.4, -0.2) is 23.3 Å². The van der Waals surface area contributed by atoms with E-state index >= 15 is 0 Å². The minimum absolute atomic E-state index is 0.265. The lowest BCUT2D eigenvalue weighted by molar-refractivity contribution is -0.137. The summed E-state index contributed by atoms with van der Waals surface area (Å²) >= 11 is 0. The summed E-state index contributed by atoms with van der Waals surface area (Å²) in [7, 11) is 0. The molecule has 0 aliphatic heterocycles. The van der Waals surface area contributed by atoms with Gasteiger partial charge in [-0.3, -0.25) is 4.99 Å². The largest absolute Gasteiger partial charge is 0.480 e. The van der Waals surface area contributed by atoms with E-state index in [2.05, 4.69) is 50.9 Å². The van der Waals surface area contributed by atoms with E-state index in [9.17, 15) is 4.79 Å². The highest BCUT2D eigenvalue weighted by atomic mass is 16.4. The first kappa shape index (κ1) is 21.9. The Labute approximate surface area is 158 Å². The van der Waals surface area contributed by atoms with Crippen molar-refractivity contribution in [1.82, 2.24) is 0 Å². The molecule has 0 aromatic heterocycles. The molecular weight excluding hydrogens is 322 g/mol. The molecule has 0 saturated heterocycles. The van der Waals surface area contributed by atoms with Gasteiger partial charge in [-0.1, -0.05) is 55.4 Å². The molecular formula is C23H33NO2. The quantitative estimate of drug-likeness (QED) is 0.445. The maximum Gasteiger partial charge on any atom is 0.328 e. The van der Waals surface area contributed by atoms with Gasteiger partial charge < -0.3 is 5.11 Å². The van der Waals surface area contributed by atoms with Crippen molar-refractivity contribution in [2.75, 3.05) is 0 Å². The van der Waals surface area contributed by atoms with Crippen LogP contribution < -0.4 is 0 Å². The number of hydrogen-bond donors (Lipinski definition) is 1. The number of carboxylic acids is 1. The smallest absolute Gasteiger partial charge is 0.328 e. The van der Waals surface area contributed by atoms with Gasteiger partial charge in [0, 0.05) is 6.21 Å². The van der Waals surface area contributed by atoms with E-state index in [1.165, 1.54) is 36.0 Å². The molecule has 0 aromatic carbocycles. The molecule has 0 aromatic rings. The monoisotopic (exact) mass is 355 g/mol. The van der Waals surface area contributed by atoms with Crippen molar-refractivity contribution in [3.8, 4) is 0 Å². The third-order valence-electron chi connectivity index (χ3n) is 4.78. The molecule has 0 unspecified atom stereocenters. The molecule has 0 bridgehead atoms. The average molecular weight is 356 g/mol. The van der Waals surface area contributed by atoms with Crippen LogP contribution in [0.5, 0.6) is 0 Å². The van der Waals surface area contributed by atoms with Gasteiger partial charge in [-0.2, -0.15) is 0 Å². The zero-order valence-electron chi connectivity index (χ0n) is 17.0. The second-order valence-electron chi connectivity index (χ2n) is 7.76. The van der Waals surface area contributed by atoms with E-state index in [0.29, 0.717) is 0 Å². The van der Waals surface area contributed by atoms with Crippen LogP contribution in [0.3, 0.4) is 0 Å². The lowest BCUT2D eigenvalue weighted by Crippen LogP contribution is -2.19. The second kappa shape index (κ2) is 10.1. The van der Waals surface area contributed by atoms with Crippen LogP contribution in [0.2, 0.25) is 0 Å². The van der Waals surface area contributed by atoms with E-state index in [1.807, 2.05) is 25.2 Å². The predicted octanol–water partition coefficient (Wildman–Crippen LogP) is 6.06. The topological polar surface area (TPSA) is 49.7 Å². The number of rotatable bonds is 7. The van der Waals surface area contributed by atoms with Crippen molar-refractivity contribution < 1.29 is 9.90 Å². The van der Waals surface area contributed by atoms with Crippen molar-refractivity contribution in [1.29, 1.82) is 0 Å². The molecule has 0 saturated carbocycles. The highest BCUT2D eigenvalue weighted by Crippen LogP contribution is 2.40. The molecule has 1 aliphatic rings. The second-order valence-corrected chi connectivity index (χ2v) is 7.76. The average Bonchev–Trinajstić information content (AvgIpc) is 2.53. The number of carboxylic acid groups (broad SMARTS) is 1. The zero-order chi connectivity index (χ0) is 19.7. The number of allylic oxidation sites excluding steroid dienone is 10. The third kappa shape index (κ3) is 7.38. The van der Waals surface area contributed by atoms with Gasteiger partial charge in [-0.15, -0.1) is 0 Å². The highest BCUT2D eigenvalue weighted by molar-refractivity contribution is 5.79. The van der Waals surface area contributed by atoms with E-state index in [4.69, 9.17) is 5.11 Å².